The lowest BCUT2D eigenvalue weighted by Crippen LogP contribution is -2.51. The van der Waals surface area contributed by atoms with Crippen molar-refractivity contribution in [1.29, 1.82) is 0 Å². The van der Waals surface area contributed by atoms with Gasteiger partial charge in [0.15, 0.2) is 0 Å². The van der Waals surface area contributed by atoms with Gasteiger partial charge < -0.3 is 14.8 Å². The lowest BCUT2D eigenvalue weighted by Gasteiger charge is -2.36. The molecular weight excluding hydrogens is 285 g/mol. The fourth-order valence-corrected chi connectivity index (χ4v) is 2.48. The second kappa shape index (κ2) is 6.42. The fourth-order valence-electron chi connectivity index (χ4n) is 2.12. The highest BCUT2D eigenvalue weighted by Gasteiger charge is 2.28. The van der Waals surface area contributed by atoms with Gasteiger partial charge in [0.2, 0.25) is 0 Å². The average molecular weight is 304 g/mol. The third-order valence-electron chi connectivity index (χ3n) is 2.98. The van der Waals surface area contributed by atoms with E-state index >= 15 is 0 Å². The first-order valence-corrected chi connectivity index (χ1v) is 7.12. The predicted molar refractivity (Wildman–Crippen MR) is 77.9 cm³/mol. The Hall–Kier alpha value is -0.320. The van der Waals surface area contributed by atoms with Crippen LogP contribution in [-0.4, -0.2) is 31.4 Å². The van der Waals surface area contributed by atoms with Gasteiger partial charge in [0, 0.05) is 23.1 Å². The van der Waals surface area contributed by atoms with Crippen LogP contribution in [0.1, 0.15) is 19.4 Å². The molecule has 1 unspecified atom stereocenters. The van der Waals surface area contributed by atoms with Crippen LogP contribution in [0.25, 0.3) is 0 Å². The standard InChI is InChI=1S/C14H19Cl2NO2/c1-14(2)9-17-6-12(19-14)8-18-7-10-5-11(15)3-4-13(10)16/h3-5,12,17H,6-9H2,1-2H3. The molecule has 2 rings (SSSR count). The van der Waals surface area contributed by atoms with E-state index in [1.54, 1.807) is 12.1 Å². The normalized spacial score (nSPS) is 22.4. The molecule has 0 amide bonds. The van der Waals surface area contributed by atoms with Gasteiger partial charge in [0.1, 0.15) is 0 Å². The highest BCUT2D eigenvalue weighted by Crippen LogP contribution is 2.22. The van der Waals surface area contributed by atoms with Crippen LogP contribution >= 0.6 is 23.2 Å². The van der Waals surface area contributed by atoms with Gasteiger partial charge in [-0.15, -0.1) is 0 Å². The van der Waals surface area contributed by atoms with E-state index < -0.39 is 0 Å². The lowest BCUT2D eigenvalue weighted by molar-refractivity contribution is -0.122. The molecule has 1 fully saturated rings. The quantitative estimate of drug-likeness (QED) is 0.926. The van der Waals surface area contributed by atoms with Gasteiger partial charge in [-0.25, -0.2) is 0 Å². The molecule has 1 aliphatic rings. The number of benzene rings is 1. The maximum atomic E-state index is 6.08. The van der Waals surface area contributed by atoms with Crippen molar-refractivity contribution in [2.24, 2.45) is 0 Å². The maximum Gasteiger partial charge on any atom is 0.0940 e. The van der Waals surface area contributed by atoms with Gasteiger partial charge in [-0.1, -0.05) is 23.2 Å². The zero-order valence-corrected chi connectivity index (χ0v) is 12.7. The van der Waals surface area contributed by atoms with E-state index in [0.717, 1.165) is 18.7 Å². The van der Waals surface area contributed by atoms with Crippen molar-refractivity contribution in [3.05, 3.63) is 33.8 Å². The van der Waals surface area contributed by atoms with Crippen molar-refractivity contribution < 1.29 is 9.47 Å². The molecule has 1 N–H and O–H groups in total. The zero-order chi connectivity index (χ0) is 13.9. The number of morpholine rings is 1. The third kappa shape index (κ3) is 4.62. The highest BCUT2D eigenvalue weighted by atomic mass is 35.5. The topological polar surface area (TPSA) is 30.5 Å². The minimum Gasteiger partial charge on any atom is -0.374 e. The molecule has 0 bridgehead atoms. The Morgan fingerprint density at radius 1 is 1.42 bits per heavy atom. The van der Waals surface area contributed by atoms with Crippen LogP contribution in [-0.2, 0) is 16.1 Å². The average Bonchev–Trinajstić information content (AvgIpc) is 2.32. The molecule has 19 heavy (non-hydrogen) atoms. The Bertz CT molecular complexity index is 437. The van der Waals surface area contributed by atoms with Crippen LogP contribution in [0.5, 0.6) is 0 Å². The van der Waals surface area contributed by atoms with E-state index in [2.05, 4.69) is 19.2 Å². The van der Waals surface area contributed by atoms with Crippen molar-refractivity contribution in [2.75, 3.05) is 19.7 Å². The predicted octanol–water partition coefficient (Wildman–Crippen LogP) is 3.28. The summed E-state index contributed by atoms with van der Waals surface area (Å²) in [5.41, 5.74) is 0.761. The van der Waals surface area contributed by atoms with Gasteiger partial charge >= 0.3 is 0 Å². The highest BCUT2D eigenvalue weighted by molar-refractivity contribution is 6.33. The van der Waals surface area contributed by atoms with Crippen LogP contribution in [0.4, 0.5) is 0 Å². The first-order chi connectivity index (χ1) is 8.96. The molecule has 0 aliphatic carbocycles. The van der Waals surface area contributed by atoms with E-state index in [9.17, 15) is 0 Å². The van der Waals surface area contributed by atoms with E-state index in [4.69, 9.17) is 32.7 Å². The molecule has 0 saturated carbocycles. The number of rotatable bonds is 4. The summed E-state index contributed by atoms with van der Waals surface area (Å²) in [6.07, 6.45) is 0.0710. The van der Waals surface area contributed by atoms with Crippen LogP contribution in [0.3, 0.4) is 0 Å². The van der Waals surface area contributed by atoms with Crippen molar-refractivity contribution in [1.82, 2.24) is 5.32 Å². The van der Waals surface area contributed by atoms with Crippen LogP contribution in [0.15, 0.2) is 18.2 Å². The summed E-state index contributed by atoms with van der Waals surface area (Å²) in [6.45, 7) is 6.80. The molecule has 1 saturated heterocycles. The Morgan fingerprint density at radius 2 is 2.21 bits per heavy atom. The monoisotopic (exact) mass is 303 g/mol. The Morgan fingerprint density at radius 3 is 2.95 bits per heavy atom. The van der Waals surface area contributed by atoms with Crippen LogP contribution < -0.4 is 5.32 Å². The van der Waals surface area contributed by atoms with Crippen molar-refractivity contribution in [3.63, 3.8) is 0 Å². The van der Waals surface area contributed by atoms with Crippen LogP contribution in [0.2, 0.25) is 10.0 Å². The van der Waals surface area contributed by atoms with E-state index in [1.165, 1.54) is 0 Å². The van der Waals surface area contributed by atoms with Crippen LogP contribution in [0, 0.1) is 0 Å². The summed E-state index contributed by atoms with van der Waals surface area (Å²) in [4.78, 5) is 0. The molecule has 0 radical (unpaired) electrons. The number of hydrogen-bond acceptors (Lipinski definition) is 3. The molecule has 1 aromatic carbocycles. The fraction of sp³-hybridized carbons (Fsp3) is 0.571. The van der Waals surface area contributed by atoms with Gasteiger partial charge in [-0.3, -0.25) is 0 Å². The molecule has 106 valence electrons. The molecule has 1 atom stereocenters. The minimum atomic E-state index is -0.139. The van der Waals surface area contributed by atoms with Crippen molar-refractivity contribution in [2.45, 2.75) is 32.2 Å². The van der Waals surface area contributed by atoms with Gasteiger partial charge in [0.25, 0.3) is 0 Å². The Labute approximate surface area is 124 Å². The first kappa shape index (κ1) is 15.1. The number of halogens is 2. The molecular formula is C14H19Cl2NO2. The summed E-state index contributed by atoms with van der Waals surface area (Å²) in [6, 6.07) is 5.38. The van der Waals surface area contributed by atoms with Gasteiger partial charge in [0.05, 0.1) is 24.9 Å². The Kier molecular flexibility index (Phi) is 5.09. The summed E-state index contributed by atoms with van der Waals surface area (Å²) in [5.74, 6) is 0. The van der Waals surface area contributed by atoms with E-state index in [0.29, 0.717) is 23.3 Å². The summed E-state index contributed by atoms with van der Waals surface area (Å²) >= 11 is 12.0. The summed E-state index contributed by atoms with van der Waals surface area (Å²) in [5, 5.41) is 4.68. The minimum absolute atomic E-state index is 0.0710. The number of hydrogen-bond donors (Lipinski definition) is 1. The second-order valence-corrected chi connectivity index (χ2v) is 6.22. The molecule has 1 heterocycles. The van der Waals surface area contributed by atoms with E-state index in [-0.39, 0.29) is 11.7 Å². The molecule has 5 heteroatoms. The van der Waals surface area contributed by atoms with Crippen molar-refractivity contribution >= 4 is 23.2 Å². The number of ether oxygens (including phenoxy) is 2. The van der Waals surface area contributed by atoms with Crippen molar-refractivity contribution in [3.8, 4) is 0 Å². The summed E-state index contributed by atoms with van der Waals surface area (Å²) < 4.78 is 11.6. The first-order valence-electron chi connectivity index (χ1n) is 6.36. The van der Waals surface area contributed by atoms with Gasteiger partial charge in [-0.05, 0) is 37.6 Å². The molecule has 1 aliphatic heterocycles. The second-order valence-electron chi connectivity index (χ2n) is 5.38. The lowest BCUT2D eigenvalue weighted by atomic mass is 10.1. The molecule has 1 aromatic rings. The summed E-state index contributed by atoms with van der Waals surface area (Å²) in [7, 11) is 0. The SMILES string of the molecule is CC1(C)CNCC(COCc2cc(Cl)ccc2Cl)O1. The largest absolute Gasteiger partial charge is 0.374 e. The number of nitrogens with one attached hydrogen (secondary N) is 1. The van der Waals surface area contributed by atoms with Gasteiger partial charge in [-0.2, -0.15) is 0 Å². The molecule has 0 spiro atoms. The zero-order valence-electron chi connectivity index (χ0n) is 11.2. The maximum absolute atomic E-state index is 6.08. The molecule has 3 nitrogen and oxygen atoms in total. The molecule has 0 aromatic heterocycles. The third-order valence-corrected chi connectivity index (χ3v) is 3.58. The smallest absolute Gasteiger partial charge is 0.0940 e. The Balaban J connectivity index is 1.81. The van der Waals surface area contributed by atoms with E-state index in [1.807, 2.05) is 6.07 Å².